The van der Waals surface area contributed by atoms with Gasteiger partial charge < -0.3 is 10.1 Å². The minimum absolute atomic E-state index is 0.356. The second-order valence-electron chi connectivity index (χ2n) is 4.52. The second-order valence-corrected chi connectivity index (χ2v) is 5.81. The van der Waals surface area contributed by atoms with Crippen LogP contribution in [0, 0.1) is 0 Å². The SMILES string of the molecule is O=C(COC(=O)/C=C/c1ccc(Cl)cc1)Nc1ccccc1Br. The summed E-state index contributed by atoms with van der Waals surface area (Å²) in [6, 6.07) is 14.1. The molecule has 0 radical (unpaired) electrons. The van der Waals surface area contributed by atoms with Gasteiger partial charge in [-0.25, -0.2) is 4.79 Å². The maximum absolute atomic E-state index is 11.7. The first-order chi connectivity index (χ1) is 11.0. The van der Waals surface area contributed by atoms with Crippen LogP contribution in [-0.2, 0) is 14.3 Å². The first-order valence-corrected chi connectivity index (χ1v) is 7.86. The predicted octanol–water partition coefficient (Wildman–Crippen LogP) is 4.30. The third-order valence-electron chi connectivity index (χ3n) is 2.78. The maximum Gasteiger partial charge on any atom is 0.331 e. The summed E-state index contributed by atoms with van der Waals surface area (Å²) in [7, 11) is 0. The van der Waals surface area contributed by atoms with Crippen molar-refractivity contribution >= 4 is 51.2 Å². The highest BCUT2D eigenvalue weighted by Gasteiger charge is 2.07. The van der Waals surface area contributed by atoms with Crippen LogP contribution in [0.1, 0.15) is 5.56 Å². The molecule has 1 amide bonds. The maximum atomic E-state index is 11.7. The minimum Gasteiger partial charge on any atom is -0.452 e. The van der Waals surface area contributed by atoms with Gasteiger partial charge in [-0.3, -0.25) is 4.79 Å². The molecule has 0 aliphatic rings. The molecular weight excluding hydrogens is 382 g/mol. The van der Waals surface area contributed by atoms with Crippen LogP contribution < -0.4 is 5.32 Å². The van der Waals surface area contributed by atoms with Crippen molar-refractivity contribution in [1.82, 2.24) is 0 Å². The van der Waals surface area contributed by atoms with Crippen molar-refractivity contribution < 1.29 is 14.3 Å². The van der Waals surface area contributed by atoms with Gasteiger partial charge in [0.05, 0.1) is 5.69 Å². The van der Waals surface area contributed by atoms with E-state index in [0.29, 0.717) is 10.7 Å². The van der Waals surface area contributed by atoms with Gasteiger partial charge in [0.15, 0.2) is 6.61 Å². The average Bonchev–Trinajstić information content (AvgIpc) is 2.54. The molecule has 6 heteroatoms. The first kappa shape index (κ1) is 17.2. The number of amides is 1. The number of anilines is 1. The molecule has 2 aromatic rings. The smallest absolute Gasteiger partial charge is 0.331 e. The van der Waals surface area contributed by atoms with Crippen LogP contribution in [0.15, 0.2) is 59.1 Å². The molecule has 1 N–H and O–H groups in total. The Morgan fingerprint density at radius 1 is 1.13 bits per heavy atom. The highest BCUT2D eigenvalue weighted by atomic mass is 79.9. The number of benzene rings is 2. The lowest BCUT2D eigenvalue weighted by Crippen LogP contribution is -2.20. The highest BCUT2D eigenvalue weighted by Crippen LogP contribution is 2.20. The van der Waals surface area contributed by atoms with Crippen LogP contribution in [0.5, 0.6) is 0 Å². The number of nitrogens with one attached hydrogen (secondary N) is 1. The Bertz CT molecular complexity index is 729. The standard InChI is InChI=1S/C17H13BrClNO3/c18-14-3-1-2-4-15(14)20-16(21)11-23-17(22)10-7-12-5-8-13(19)9-6-12/h1-10H,11H2,(H,20,21)/b10-7+. The molecule has 0 aliphatic carbocycles. The van der Waals surface area contributed by atoms with Gasteiger partial charge >= 0.3 is 5.97 Å². The van der Waals surface area contributed by atoms with Gasteiger partial charge in [-0.15, -0.1) is 0 Å². The van der Waals surface area contributed by atoms with Gasteiger partial charge in [0.2, 0.25) is 0 Å². The molecule has 0 heterocycles. The minimum atomic E-state index is -0.595. The molecule has 0 aromatic heterocycles. The monoisotopic (exact) mass is 393 g/mol. The zero-order chi connectivity index (χ0) is 16.7. The predicted molar refractivity (Wildman–Crippen MR) is 94.2 cm³/mol. The second kappa shape index (κ2) is 8.50. The van der Waals surface area contributed by atoms with Gasteiger partial charge in [-0.2, -0.15) is 0 Å². The summed E-state index contributed by atoms with van der Waals surface area (Å²) >= 11 is 9.09. The van der Waals surface area contributed by atoms with Crippen molar-refractivity contribution in [1.29, 1.82) is 0 Å². The lowest BCUT2D eigenvalue weighted by molar-refractivity contribution is -0.142. The van der Waals surface area contributed by atoms with Crippen LogP contribution in [-0.4, -0.2) is 18.5 Å². The first-order valence-electron chi connectivity index (χ1n) is 6.69. The van der Waals surface area contributed by atoms with Gasteiger partial charge in [0, 0.05) is 15.6 Å². The number of carbonyl (C=O) groups excluding carboxylic acids is 2. The fourth-order valence-corrected chi connectivity index (χ4v) is 2.18. The van der Waals surface area contributed by atoms with Crippen LogP contribution in [0.3, 0.4) is 0 Å². The molecule has 23 heavy (non-hydrogen) atoms. The third kappa shape index (κ3) is 5.88. The van der Waals surface area contributed by atoms with Crippen molar-refractivity contribution in [2.75, 3.05) is 11.9 Å². The summed E-state index contributed by atoms with van der Waals surface area (Å²) in [5, 5.41) is 3.26. The van der Waals surface area contributed by atoms with E-state index in [4.69, 9.17) is 16.3 Å². The largest absolute Gasteiger partial charge is 0.452 e. The fourth-order valence-electron chi connectivity index (χ4n) is 1.67. The molecule has 2 aromatic carbocycles. The zero-order valence-corrected chi connectivity index (χ0v) is 14.3. The molecule has 0 saturated heterocycles. The molecule has 0 aliphatic heterocycles. The van der Waals surface area contributed by atoms with E-state index in [1.807, 2.05) is 6.07 Å². The lowest BCUT2D eigenvalue weighted by Gasteiger charge is -2.06. The number of para-hydroxylation sites is 1. The molecular formula is C17H13BrClNO3. The number of esters is 1. The summed E-state index contributed by atoms with van der Waals surface area (Å²) in [6.45, 7) is -0.356. The van der Waals surface area contributed by atoms with E-state index in [-0.39, 0.29) is 6.61 Å². The molecule has 4 nitrogen and oxygen atoms in total. The Balaban J connectivity index is 1.81. The van der Waals surface area contributed by atoms with Crippen molar-refractivity contribution in [2.45, 2.75) is 0 Å². The number of ether oxygens (including phenoxy) is 1. The van der Waals surface area contributed by atoms with E-state index in [9.17, 15) is 9.59 Å². The number of halogens is 2. The summed E-state index contributed by atoms with van der Waals surface area (Å²) in [5.41, 5.74) is 1.43. The van der Waals surface area contributed by atoms with E-state index >= 15 is 0 Å². The van der Waals surface area contributed by atoms with Crippen molar-refractivity contribution in [3.63, 3.8) is 0 Å². The van der Waals surface area contributed by atoms with Gasteiger partial charge in [-0.05, 0) is 51.8 Å². The fraction of sp³-hybridized carbons (Fsp3) is 0.0588. The average molecular weight is 395 g/mol. The molecule has 2 rings (SSSR count). The van der Waals surface area contributed by atoms with Crippen LogP contribution in [0.2, 0.25) is 5.02 Å². The van der Waals surface area contributed by atoms with Crippen LogP contribution >= 0.6 is 27.5 Å². The summed E-state index contributed by atoms with van der Waals surface area (Å²) < 4.78 is 5.63. The normalized spacial score (nSPS) is 10.5. The van der Waals surface area contributed by atoms with Gasteiger partial charge in [0.25, 0.3) is 5.91 Å². The van der Waals surface area contributed by atoms with Crippen molar-refractivity contribution in [2.24, 2.45) is 0 Å². The highest BCUT2D eigenvalue weighted by molar-refractivity contribution is 9.10. The Kier molecular flexibility index (Phi) is 6.38. The van der Waals surface area contributed by atoms with Crippen LogP contribution in [0.4, 0.5) is 5.69 Å². The van der Waals surface area contributed by atoms with E-state index in [0.717, 1.165) is 10.0 Å². The Hall–Kier alpha value is -2.11. The molecule has 118 valence electrons. The molecule has 0 spiro atoms. The Morgan fingerprint density at radius 3 is 2.52 bits per heavy atom. The van der Waals surface area contributed by atoms with Gasteiger partial charge in [-0.1, -0.05) is 35.9 Å². The summed E-state index contributed by atoms with van der Waals surface area (Å²) in [5.74, 6) is -1.01. The summed E-state index contributed by atoms with van der Waals surface area (Å²) in [4.78, 5) is 23.3. The van der Waals surface area contributed by atoms with Crippen molar-refractivity contribution in [3.05, 3.63) is 69.7 Å². The van der Waals surface area contributed by atoms with E-state index in [1.165, 1.54) is 6.08 Å². The Labute approximate surface area is 147 Å². The lowest BCUT2D eigenvalue weighted by atomic mass is 10.2. The number of hydrogen-bond acceptors (Lipinski definition) is 3. The van der Waals surface area contributed by atoms with E-state index in [1.54, 1.807) is 48.5 Å². The molecule has 0 fully saturated rings. The van der Waals surface area contributed by atoms with E-state index < -0.39 is 11.9 Å². The molecule has 0 saturated carbocycles. The zero-order valence-electron chi connectivity index (χ0n) is 12.0. The van der Waals surface area contributed by atoms with Gasteiger partial charge in [0.1, 0.15) is 0 Å². The quantitative estimate of drug-likeness (QED) is 0.608. The molecule has 0 unspecified atom stereocenters. The topological polar surface area (TPSA) is 55.4 Å². The number of carbonyl (C=O) groups is 2. The Morgan fingerprint density at radius 2 is 1.83 bits per heavy atom. The summed E-state index contributed by atoms with van der Waals surface area (Å²) in [6.07, 6.45) is 2.85. The van der Waals surface area contributed by atoms with Crippen LogP contribution in [0.25, 0.3) is 6.08 Å². The number of hydrogen-bond donors (Lipinski definition) is 1. The molecule has 0 atom stereocenters. The van der Waals surface area contributed by atoms with Crippen molar-refractivity contribution in [3.8, 4) is 0 Å². The number of rotatable bonds is 5. The molecule has 0 bridgehead atoms. The van der Waals surface area contributed by atoms with E-state index in [2.05, 4.69) is 21.2 Å². The third-order valence-corrected chi connectivity index (χ3v) is 3.72.